The third kappa shape index (κ3) is 5.51. The van der Waals surface area contributed by atoms with Crippen molar-refractivity contribution in [3.05, 3.63) is 86.2 Å². The van der Waals surface area contributed by atoms with Gasteiger partial charge in [-0.3, -0.25) is 14.2 Å². The number of aliphatic hydroxyl groups is 2. The van der Waals surface area contributed by atoms with Crippen LogP contribution in [0.4, 0.5) is 0 Å². The molecule has 1 atom stereocenters. The Labute approximate surface area is 202 Å². The van der Waals surface area contributed by atoms with Crippen LogP contribution in [0.2, 0.25) is 4.34 Å². The van der Waals surface area contributed by atoms with Crippen molar-refractivity contribution >= 4 is 28.8 Å². The van der Waals surface area contributed by atoms with Crippen LogP contribution in [0.25, 0.3) is 11.4 Å². The summed E-state index contributed by atoms with van der Waals surface area (Å²) in [5.74, 6) is 0.0422. The van der Waals surface area contributed by atoms with Gasteiger partial charge in [0.1, 0.15) is 29.8 Å². The SMILES string of the molecule is O=C(NCc1cn(-c2ccc(-n3ccccc3=O)cc2OC[C@H](O)CO)nn1)c1ccc(Cl)s1. The fraction of sp³-hybridized carbons (Fsp3) is 0.182. The number of hydrogen-bond donors (Lipinski definition) is 3. The van der Waals surface area contributed by atoms with E-state index >= 15 is 0 Å². The Bertz CT molecular complexity index is 1350. The Kier molecular flexibility index (Phi) is 7.38. The lowest BCUT2D eigenvalue weighted by molar-refractivity contribution is 0.0535. The molecule has 0 radical (unpaired) electrons. The Morgan fingerprint density at radius 1 is 1.24 bits per heavy atom. The lowest BCUT2D eigenvalue weighted by Crippen LogP contribution is -2.22. The summed E-state index contributed by atoms with van der Waals surface area (Å²) in [6.45, 7) is -0.487. The zero-order chi connectivity index (χ0) is 24.1. The second kappa shape index (κ2) is 10.6. The number of rotatable bonds is 9. The molecule has 3 N–H and O–H groups in total. The summed E-state index contributed by atoms with van der Waals surface area (Å²) >= 11 is 7.05. The molecule has 1 aromatic carbocycles. The van der Waals surface area contributed by atoms with E-state index in [-0.39, 0.29) is 24.6 Å². The Hall–Kier alpha value is -3.51. The average molecular weight is 502 g/mol. The number of benzene rings is 1. The van der Waals surface area contributed by atoms with Crippen molar-refractivity contribution < 1.29 is 19.7 Å². The molecule has 3 heterocycles. The van der Waals surface area contributed by atoms with E-state index in [1.54, 1.807) is 54.9 Å². The van der Waals surface area contributed by atoms with E-state index in [0.29, 0.717) is 32.0 Å². The standard InChI is InChI=1S/C22H20ClN5O5S/c23-20-7-6-19(34-20)22(32)24-10-14-11-28(26-25-14)17-5-4-15(27-8-2-1-3-21(27)31)9-18(17)33-13-16(30)12-29/h1-9,11,16,29-30H,10,12-13H2,(H,24,32)/t16-/m1/s1. The molecule has 0 bridgehead atoms. The Balaban J connectivity index is 1.57. The van der Waals surface area contributed by atoms with E-state index in [4.69, 9.17) is 21.4 Å². The van der Waals surface area contributed by atoms with Gasteiger partial charge in [0, 0.05) is 18.3 Å². The first-order valence-corrected chi connectivity index (χ1v) is 11.3. The average Bonchev–Trinajstić information content (AvgIpc) is 3.50. The number of carbonyl (C=O) groups is 1. The highest BCUT2D eigenvalue weighted by Gasteiger charge is 2.14. The second-order valence-electron chi connectivity index (χ2n) is 7.15. The maximum atomic E-state index is 12.2. The van der Waals surface area contributed by atoms with Crippen LogP contribution in [0.3, 0.4) is 0 Å². The molecule has 12 heteroatoms. The first-order valence-electron chi connectivity index (χ1n) is 10.1. The van der Waals surface area contributed by atoms with Crippen LogP contribution in [-0.4, -0.2) is 55.0 Å². The fourth-order valence-electron chi connectivity index (χ4n) is 3.03. The number of halogens is 1. The summed E-state index contributed by atoms with van der Waals surface area (Å²) in [4.78, 5) is 24.9. The summed E-state index contributed by atoms with van der Waals surface area (Å²) in [5, 5.41) is 29.8. The van der Waals surface area contributed by atoms with E-state index in [0.717, 1.165) is 0 Å². The van der Waals surface area contributed by atoms with Gasteiger partial charge < -0.3 is 20.3 Å². The monoisotopic (exact) mass is 501 g/mol. The molecular formula is C22H20ClN5O5S. The number of aromatic nitrogens is 4. The molecule has 1 amide bonds. The molecule has 0 aliphatic rings. The third-order valence-electron chi connectivity index (χ3n) is 4.70. The van der Waals surface area contributed by atoms with E-state index < -0.39 is 12.7 Å². The Morgan fingerprint density at radius 2 is 2.09 bits per heavy atom. The smallest absolute Gasteiger partial charge is 0.261 e. The zero-order valence-electron chi connectivity index (χ0n) is 17.7. The fourth-order valence-corrected chi connectivity index (χ4v) is 3.99. The number of amides is 1. The van der Waals surface area contributed by atoms with E-state index in [9.17, 15) is 14.7 Å². The quantitative estimate of drug-likeness (QED) is 0.318. The highest BCUT2D eigenvalue weighted by atomic mass is 35.5. The molecule has 0 unspecified atom stereocenters. The van der Waals surface area contributed by atoms with E-state index in [1.165, 1.54) is 26.7 Å². The minimum atomic E-state index is -1.08. The minimum absolute atomic E-state index is 0.144. The molecule has 0 spiro atoms. The van der Waals surface area contributed by atoms with Gasteiger partial charge in [0.15, 0.2) is 0 Å². The number of aliphatic hydroxyl groups excluding tert-OH is 2. The van der Waals surface area contributed by atoms with Crippen LogP contribution in [-0.2, 0) is 6.54 Å². The molecule has 34 heavy (non-hydrogen) atoms. The number of pyridine rings is 1. The predicted octanol–water partition coefficient (Wildman–Crippen LogP) is 1.80. The summed E-state index contributed by atoms with van der Waals surface area (Å²) < 4.78 is 9.15. The van der Waals surface area contributed by atoms with Gasteiger partial charge in [-0.15, -0.1) is 16.4 Å². The number of nitrogens with zero attached hydrogens (tertiary/aromatic N) is 4. The third-order valence-corrected chi connectivity index (χ3v) is 5.93. The maximum Gasteiger partial charge on any atom is 0.261 e. The molecule has 0 aliphatic heterocycles. The largest absolute Gasteiger partial charge is 0.488 e. The molecule has 0 saturated carbocycles. The van der Waals surface area contributed by atoms with Gasteiger partial charge in [-0.1, -0.05) is 22.9 Å². The lowest BCUT2D eigenvalue weighted by atomic mass is 10.2. The highest BCUT2D eigenvalue weighted by Crippen LogP contribution is 2.26. The molecule has 4 aromatic rings. The molecule has 0 fully saturated rings. The molecule has 0 saturated heterocycles. The van der Waals surface area contributed by atoms with Crippen molar-refractivity contribution in [2.45, 2.75) is 12.6 Å². The van der Waals surface area contributed by atoms with Crippen LogP contribution >= 0.6 is 22.9 Å². The summed E-state index contributed by atoms with van der Waals surface area (Å²) in [6, 6.07) is 13.1. The van der Waals surface area contributed by atoms with Gasteiger partial charge in [-0.25, -0.2) is 4.68 Å². The molecule has 176 valence electrons. The van der Waals surface area contributed by atoms with E-state index in [2.05, 4.69) is 15.6 Å². The van der Waals surface area contributed by atoms with Gasteiger partial charge in [-0.2, -0.15) is 0 Å². The highest BCUT2D eigenvalue weighted by molar-refractivity contribution is 7.17. The molecule has 10 nitrogen and oxygen atoms in total. The number of hydrogen-bond acceptors (Lipinski definition) is 8. The maximum absolute atomic E-state index is 12.2. The van der Waals surface area contributed by atoms with Crippen molar-refractivity contribution in [3.8, 4) is 17.1 Å². The summed E-state index contributed by atoms with van der Waals surface area (Å²) in [7, 11) is 0. The summed E-state index contributed by atoms with van der Waals surface area (Å²) in [5.41, 5.74) is 1.32. The molecule has 3 aromatic heterocycles. The van der Waals surface area contributed by atoms with Crippen LogP contribution in [0.1, 0.15) is 15.4 Å². The van der Waals surface area contributed by atoms with Crippen LogP contribution < -0.4 is 15.6 Å². The van der Waals surface area contributed by atoms with Crippen molar-refractivity contribution in [2.24, 2.45) is 0 Å². The lowest BCUT2D eigenvalue weighted by Gasteiger charge is -2.15. The number of ether oxygens (including phenoxy) is 1. The molecule has 0 aliphatic carbocycles. The van der Waals surface area contributed by atoms with Crippen molar-refractivity contribution in [3.63, 3.8) is 0 Å². The van der Waals surface area contributed by atoms with Gasteiger partial charge in [-0.05, 0) is 30.3 Å². The first-order chi connectivity index (χ1) is 16.4. The minimum Gasteiger partial charge on any atom is -0.488 e. The zero-order valence-corrected chi connectivity index (χ0v) is 19.2. The second-order valence-corrected chi connectivity index (χ2v) is 8.86. The molecule has 4 rings (SSSR count). The van der Waals surface area contributed by atoms with Crippen molar-refractivity contribution in [2.75, 3.05) is 13.2 Å². The van der Waals surface area contributed by atoms with Crippen molar-refractivity contribution in [1.82, 2.24) is 24.9 Å². The van der Waals surface area contributed by atoms with Crippen LogP contribution in [0, 0.1) is 0 Å². The van der Waals surface area contributed by atoms with Gasteiger partial charge in [0.05, 0.1) is 34.2 Å². The predicted molar refractivity (Wildman–Crippen MR) is 126 cm³/mol. The first kappa shape index (κ1) is 23.6. The number of nitrogens with one attached hydrogen (secondary N) is 1. The summed E-state index contributed by atoms with van der Waals surface area (Å²) in [6.07, 6.45) is 2.17. The van der Waals surface area contributed by atoms with Crippen LogP contribution in [0.15, 0.2) is 65.7 Å². The van der Waals surface area contributed by atoms with Crippen molar-refractivity contribution in [1.29, 1.82) is 0 Å². The normalized spacial score (nSPS) is 11.9. The number of thiophene rings is 1. The van der Waals surface area contributed by atoms with Crippen LogP contribution in [0.5, 0.6) is 5.75 Å². The number of carbonyl (C=O) groups excluding carboxylic acids is 1. The molecular weight excluding hydrogens is 482 g/mol. The van der Waals surface area contributed by atoms with Gasteiger partial charge in [0.2, 0.25) is 0 Å². The topological polar surface area (TPSA) is 132 Å². The Morgan fingerprint density at radius 3 is 2.82 bits per heavy atom. The van der Waals surface area contributed by atoms with Gasteiger partial charge in [0.25, 0.3) is 11.5 Å². The van der Waals surface area contributed by atoms with Gasteiger partial charge >= 0.3 is 0 Å². The van der Waals surface area contributed by atoms with E-state index in [1.807, 2.05) is 0 Å².